The number of nitrogens with zero attached hydrogens (tertiary/aromatic N) is 1. The van der Waals surface area contributed by atoms with Crippen LogP contribution in [0.5, 0.6) is 0 Å². The molecular formula is C14H26N2O. The van der Waals surface area contributed by atoms with Crippen molar-refractivity contribution < 1.29 is 4.79 Å². The van der Waals surface area contributed by atoms with Gasteiger partial charge in [-0.25, -0.2) is 0 Å². The van der Waals surface area contributed by atoms with Crippen LogP contribution in [0.4, 0.5) is 0 Å². The van der Waals surface area contributed by atoms with Gasteiger partial charge in [-0.1, -0.05) is 19.3 Å². The summed E-state index contributed by atoms with van der Waals surface area (Å²) >= 11 is 0. The van der Waals surface area contributed by atoms with Gasteiger partial charge < -0.3 is 10.2 Å². The van der Waals surface area contributed by atoms with Crippen LogP contribution in [0.2, 0.25) is 0 Å². The third kappa shape index (κ3) is 3.70. The van der Waals surface area contributed by atoms with Crippen LogP contribution < -0.4 is 5.32 Å². The van der Waals surface area contributed by atoms with Crippen molar-refractivity contribution in [3.8, 4) is 0 Å². The molecule has 2 fully saturated rings. The number of hydrogen-bond donors (Lipinski definition) is 1. The molecule has 1 aliphatic heterocycles. The summed E-state index contributed by atoms with van der Waals surface area (Å²) in [5.74, 6) is 1.03. The van der Waals surface area contributed by atoms with Crippen LogP contribution in [0.25, 0.3) is 0 Å². The molecule has 0 radical (unpaired) electrons. The molecule has 0 bridgehead atoms. The number of nitrogens with one attached hydrogen (secondary N) is 1. The minimum Gasteiger partial charge on any atom is -0.341 e. The fourth-order valence-corrected chi connectivity index (χ4v) is 3.15. The Kier molecular flexibility index (Phi) is 4.84. The first-order valence-corrected chi connectivity index (χ1v) is 7.24. The molecule has 0 aromatic rings. The maximum atomic E-state index is 12.2. The van der Waals surface area contributed by atoms with Gasteiger partial charge >= 0.3 is 0 Å². The summed E-state index contributed by atoms with van der Waals surface area (Å²) in [5.41, 5.74) is 0. The van der Waals surface area contributed by atoms with Gasteiger partial charge in [0.15, 0.2) is 0 Å². The molecule has 1 saturated heterocycles. The summed E-state index contributed by atoms with van der Waals surface area (Å²) in [6.07, 6.45) is 9.70. The molecule has 2 aliphatic rings. The van der Waals surface area contributed by atoms with Crippen LogP contribution in [0, 0.1) is 5.92 Å². The normalized spacial score (nSPS) is 26.8. The molecular weight excluding hydrogens is 212 g/mol. The Morgan fingerprint density at radius 2 is 1.94 bits per heavy atom. The standard InChI is InChI=1S/C14H26N2O/c1-16(13-8-5-9-15-11-13)14(17)10-12-6-3-2-4-7-12/h12-13,15H,2-11H2,1H3/t13-/m1/s1. The molecule has 0 unspecified atom stereocenters. The van der Waals surface area contributed by atoms with Gasteiger partial charge in [-0.05, 0) is 38.1 Å². The Morgan fingerprint density at radius 1 is 1.18 bits per heavy atom. The highest BCUT2D eigenvalue weighted by Crippen LogP contribution is 2.27. The molecule has 1 N–H and O–H groups in total. The number of carbonyl (C=O) groups is 1. The lowest BCUT2D eigenvalue weighted by Crippen LogP contribution is -2.47. The zero-order valence-electron chi connectivity index (χ0n) is 11.1. The second-order valence-electron chi connectivity index (χ2n) is 5.71. The summed E-state index contributed by atoms with van der Waals surface area (Å²) in [6.45, 7) is 2.09. The molecule has 1 atom stereocenters. The predicted octanol–water partition coefficient (Wildman–Crippen LogP) is 2.17. The van der Waals surface area contributed by atoms with E-state index in [4.69, 9.17) is 0 Å². The molecule has 3 heteroatoms. The highest BCUT2D eigenvalue weighted by atomic mass is 16.2. The van der Waals surface area contributed by atoms with E-state index < -0.39 is 0 Å². The van der Waals surface area contributed by atoms with Crippen molar-refractivity contribution in [1.82, 2.24) is 10.2 Å². The molecule has 2 rings (SSSR count). The van der Waals surface area contributed by atoms with E-state index in [-0.39, 0.29) is 0 Å². The molecule has 0 spiro atoms. The smallest absolute Gasteiger partial charge is 0.222 e. The molecule has 1 heterocycles. The third-order valence-corrected chi connectivity index (χ3v) is 4.40. The lowest BCUT2D eigenvalue weighted by Gasteiger charge is -2.33. The molecule has 98 valence electrons. The van der Waals surface area contributed by atoms with Gasteiger partial charge in [0.25, 0.3) is 0 Å². The number of rotatable bonds is 3. The fraction of sp³-hybridized carbons (Fsp3) is 0.929. The van der Waals surface area contributed by atoms with Crippen LogP contribution in [0.3, 0.4) is 0 Å². The maximum Gasteiger partial charge on any atom is 0.222 e. The van der Waals surface area contributed by atoms with Crippen molar-refractivity contribution in [1.29, 1.82) is 0 Å². The number of piperidine rings is 1. The summed E-state index contributed by atoms with van der Waals surface area (Å²) in [5, 5.41) is 3.38. The molecule has 1 aliphatic carbocycles. The minimum atomic E-state index is 0.366. The van der Waals surface area contributed by atoms with E-state index >= 15 is 0 Å². The molecule has 3 nitrogen and oxygen atoms in total. The molecule has 0 aromatic heterocycles. The van der Waals surface area contributed by atoms with Gasteiger partial charge in [-0.2, -0.15) is 0 Å². The van der Waals surface area contributed by atoms with Crippen LogP contribution in [-0.4, -0.2) is 37.0 Å². The van der Waals surface area contributed by atoms with Crippen molar-refractivity contribution in [3.05, 3.63) is 0 Å². The summed E-state index contributed by atoms with van der Waals surface area (Å²) in [4.78, 5) is 14.2. The Morgan fingerprint density at radius 3 is 2.59 bits per heavy atom. The van der Waals surface area contributed by atoms with Gasteiger partial charge in [-0.15, -0.1) is 0 Å². The van der Waals surface area contributed by atoms with Crippen LogP contribution in [-0.2, 0) is 4.79 Å². The maximum absolute atomic E-state index is 12.2. The van der Waals surface area contributed by atoms with Crippen LogP contribution >= 0.6 is 0 Å². The average Bonchev–Trinajstić information content (AvgIpc) is 2.40. The first kappa shape index (κ1) is 12.9. The number of amides is 1. The highest BCUT2D eigenvalue weighted by Gasteiger charge is 2.24. The van der Waals surface area contributed by atoms with E-state index in [0.717, 1.165) is 19.5 Å². The molecule has 1 saturated carbocycles. The minimum absolute atomic E-state index is 0.366. The van der Waals surface area contributed by atoms with E-state index in [1.54, 1.807) is 0 Å². The number of carbonyl (C=O) groups excluding carboxylic acids is 1. The van der Waals surface area contributed by atoms with E-state index in [1.807, 2.05) is 11.9 Å². The Balaban J connectivity index is 1.77. The lowest BCUT2D eigenvalue weighted by atomic mass is 9.86. The first-order valence-electron chi connectivity index (χ1n) is 7.24. The van der Waals surface area contributed by atoms with Gasteiger partial charge in [-0.3, -0.25) is 4.79 Å². The zero-order valence-corrected chi connectivity index (χ0v) is 11.1. The SMILES string of the molecule is CN(C(=O)CC1CCCCC1)[C@@H]1CCCNC1. The topological polar surface area (TPSA) is 32.3 Å². The Labute approximate surface area is 105 Å². The van der Waals surface area contributed by atoms with Crippen LogP contribution in [0.1, 0.15) is 51.4 Å². The third-order valence-electron chi connectivity index (χ3n) is 4.40. The van der Waals surface area contributed by atoms with Crippen molar-refractivity contribution in [3.63, 3.8) is 0 Å². The molecule has 1 amide bonds. The van der Waals surface area contributed by atoms with Gasteiger partial charge in [0.05, 0.1) is 0 Å². The van der Waals surface area contributed by atoms with E-state index in [2.05, 4.69) is 5.32 Å². The Bertz CT molecular complexity index is 243. The second-order valence-corrected chi connectivity index (χ2v) is 5.71. The summed E-state index contributed by atoms with van der Waals surface area (Å²) in [7, 11) is 1.99. The monoisotopic (exact) mass is 238 g/mol. The van der Waals surface area contributed by atoms with Crippen LogP contribution in [0.15, 0.2) is 0 Å². The van der Waals surface area contributed by atoms with Gasteiger partial charge in [0.2, 0.25) is 5.91 Å². The number of hydrogen-bond acceptors (Lipinski definition) is 2. The van der Waals surface area contributed by atoms with E-state index in [1.165, 1.54) is 44.9 Å². The predicted molar refractivity (Wildman–Crippen MR) is 69.9 cm³/mol. The summed E-state index contributed by atoms with van der Waals surface area (Å²) < 4.78 is 0. The zero-order chi connectivity index (χ0) is 12.1. The van der Waals surface area contributed by atoms with E-state index in [9.17, 15) is 4.79 Å². The quantitative estimate of drug-likeness (QED) is 0.817. The van der Waals surface area contributed by atoms with E-state index in [0.29, 0.717) is 17.9 Å². The second kappa shape index (κ2) is 6.39. The summed E-state index contributed by atoms with van der Waals surface area (Å²) in [6, 6.07) is 0.430. The lowest BCUT2D eigenvalue weighted by molar-refractivity contribution is -0.133. The fourth-order valence-electron chi connectivity index (χ4n) is 3.15. The van der Waals surface area contributed by atoms with Crippen molar-refractivity contribution in [2.75, 3.05) is 20.1 Å². The largest absolute Gasteiger partial charge is 0.341 e. The number of likely N-dealkylation sites (N-methyl/N-ethyl adjacent to an activating group) is 1. The van der Waals surface area contributed by atoms with Gasteiger partial charge in [0, 0.05) is 26.1 Å². The van der Waals surface area contributed by atoms with Crippen molar-refractivity contribution in [2.45, 2.75) is 57.4 Å². The highest BCUT2D eigenvalue weighted by molar-refractivity contribution is 5.76. The van der Waals surface area contributed by atoms with Crippen molar-refractivity contribution in [2.24, 2.45) is 5.92 Å². The molecule has 0 aromatic carbocycles. The van der Waals surface area contributed by atoms with Crippen molar-refractivity contribution >= 4 is 5.91 Å². The first-order chi connectivity index (χ1) is 8.27. The van der Waals surface area contributed by atoms with Gasteiger partial charge in [0.1, 0.15) is 0 Å². The average molecular weight is 238 g/mol. The molecule has 17 heavy (non-hydrogen) atoms. The Hall–Kier alpha value is -0.570.